The van der Waals surface area contributed by atoms with E-state index in [4.69, 9.17) is 9.47 Å². The fourth-order valence-electron chi connectivity index (χ4n) is 4.98. The largest absolute Gasteiger partial charge is 0.493 e. The van der Waals surface area contributed by atoms with Gasteiger partial charge in [-0.1, -0.05) is 24.3 Å². The van der Waals surface area contributed by atoms with Crippen LogP contribution in [0, 0.1) is 0 Å². The average Bonchev–Trinajstić information content (AvgIpc) is 2.89. The molecule has 3 amide bonds. The van der Waals surface area contributed by atoms with E-state index in [0.717, 1.165) is 42.6 Å². The molecule has 1 unspecified atom stereocenters. The minimum absolute atomic E-state index is 0.00885. The Bertz CT molecular complexity index is 1060. The molecule has 0 fully saturated rings. The molecule has 2 aromatic rings. The van der Waals surface area contributed by atoms with Crippen molar-refractivity contribution in [1.82, 2.24) is 15.5 Å². The van der Waals surface area contributed by atoms with Crippen LogP contribution in [-0.4, -0.2) is 55.7 Å². The lowest BCUT2D eigenvalue weighted by atomic mass is 9.87. The molecular weight excluding hydrogens is 462 g/mol. The average molecular weight is 498 g/mol. The summed E-state index contributed by atoms with van der Waals surface area (Å²) in [5.74, 6) is 2.03. The Balaban J connectivity index is 1.43. The fraction of sp³-hybridized carbons (Fsp3) is 0.481. The summed E-state index contributed by atoms with van der Waals surface area (Å²) in [7, 11) is 3.23. The van der Waals surface area contributed by atoms with Crippen molar-refractivity contribution in [2.45, 2.75) is 50.7 Å². The third-order valence-electron chi connectivity index (χ3n) is 6.92. The minimum atomic E-state index is -0.573. The highest BCUT2D eigenvalue weighted by Gasteiger charge is 2.29. The van der Waals surface area contributed by atoms with Gasteiger partial charge in [0.2, 0.25) is 5.91 Å². The highest BCUT2D eigenvalue weighted by atomic mass is 32.2. The fourth-order valence-corrected chi connectivity index (χ4v) is 5.45. The Morgan fingerprint density at radius 2 is 1.83 bits per heavy atom. The molecule has 1 heterocycles. The zero-order chi connectivity index (χ0) is 24.8. The van der Waals surface area contributed by atoms with Crippen molar-refractivity contribution in [2.75, 3.05) is 32.8 Å². The lowest BCUT2D eigenvalue weighted by Crippen LogP contribution is -2.52. The Labute approximate surface area is 211 Å². The molecule has 8 heteroatoms. The summed E-state index contributed by atoms with van der Waals surface area (Å²) >= 11 is 1.67. The third kappa shape index (κ3) is 5.86. The molecule has 188 valence electrons. The first-order valence-electron chi connectivity index (χ1n) is 12.2. The number of thioether (sulfide) groups is 1. The molecule has 1 aliphatic heterocycles. The van der Waals surface area contributed by atoms with Crippen LogP contribution in [0.3, 0.4) is 0 Å². The van der Waals surface area contributed by atoms with Crippen molar-refractivity contribution in [3.05, 3.63) is 58.7 Å². The van der Waals surface area contributed by atoms with Gasteiger partial charge in [0.1, 0.15) is 6.04 Å². The molecule has 4 rings (SSSR count). The normalized spacial score (nSPS) is 17.6. The molecule has 0 bridgehead atoms. The quantitative estimate of drug-likeness (QED) is 0.574. The zero-order valence-electron chi connectivity index (χ0n) is 20.8. The van der Waals surface area contributed by atoms with E-state index in [9.17, 15) is 9.59 Å². The van der Waals surface area contributed by atoms with Gasteiger partial charge >= 0.3 is 6.03 Å². The van der Waals surface area contributed by atoms with Crippen molar-refractivity contribution in [3.63, 3.8) is 0 Å². The molecule has 2 aromatic carbocycles. The second-order valence-corrected chi connectivity index (χ2v) is 10.1. The monoisotopic (exact) mass is 497 g/mol. The predicted octanol–water partition coefficient (Wildman–Crippen LogP) is 4.09. The zero-order valence-corrected chi connectivity index (χ0v) is 21.6. The van der Waals surface area contributed by atoms with E-state index in [1.807, 2.05) is 30.5 Å². The van der Waals surface area contributed by atoms with Gasteiger partial charge in [0.15, 0.2) is 11.5 Å². The van der Waals surface area contributed by atoms with Crippen LogP contribution in [0.4, 0.5) is 4.79 Å². The molecular formula is C27H35N3O4S. The minimum Gasteiger partial charge on any atom is -0.493 e. The van der Waals surface area contributed by atoms with Crippen LogP contribution in [0.25, 0.3) is 0 Å². The van der Waals surface area contributed by atoms with Crippen molar-refractivity contribution in [2.24, 2.45) is 0 Å². The number of methoxy groups -OCH3 is 2. The first-order valence-corrected chi connectivity index (χ1v) is 13.6. The van der Waals surface area contributed by atoms with Gasteiger partial charge in [0.25, 0.3) is 0 Å². The number of benzene rings is 2. The molecule has 0 spiro atoms. The Morgan fingerprint density at radius 3 is 2.57 bits per heavy atom. The molecule has 2 N–H and O–H groups in total. The highest BCUT2D eigenvalue weighted by molar-refractivity contribution is 7.98. The number of aryl methyl sites for hydroxylation is 1. The van der Waals surface area contributed by atoms with E-state index >= 15 is 0 Å². The number of ether oxygens (including phenoxy) is 2. The number of rotatable bonds is 8. The highest BCUT2D eigenvalue weighted by Crippen LogP contribution is 2.33. The van der Waals surface area contributed by atoms with E-state index in [1.54, 1.807) is 30.9 Å². The maximum atomic E-state index is 13.3. The molecule has 0 radical (unpaired) electrons. The summed E-state index contributed by atoms with van der Waals surface area (Å²) in [5, 5.41) is 6.25. The van der Waals surface area contributed by atoms with E-state index in [1.165, 1.54) is 11.1 Å². The van der Waals surface area contributed by atoms with Gasteiger partial charge in [-0.2, -0.15) is 11.8 Å². The van der Waals surface area contributed by atoms with Crippen LogP contribution in [-0.2, 0) is 24.2 Å². The van der Waals surface area contributed by atoms with Crippen molar-refractivity contribution in [1.29, 1.82) is 0 Å². The second-order valence-electron chi connectivity index (χ2n) is 9.08. The second kappa shape index (κ2) is 11.7. The SMILES string of the molecule is COc1cc2c(cc1OC)CN(C(=O)N[C@@H](CCSC)C(=O)NC1CCCc3ccccc31)CC2. The predicted molar refractivity (Wildman–Crippen MR) is 139 cm³/mol. The van der Waals surface area contributed by atoms with Crippen molar-refractivity contribution in [3.8, 4) is 11.5 Å². The van der Waals surface area contributed by atoms with Crippen LogP contribution in [0.5, 0.6) is 11.5 Å². The summed E-state index contributed by atoms with van der Waals surface area (Å²) in [6, 6.07) is 11.4. The summed E-state index contributed by atoms with van der Waals surface area (Å²) < 4.78 is 10.8. The number of hydrogen-bond donors (Lipinski definition) is 2. The number of hydrogen-bond acceptors (Lipinski definition) is 5. The van der Waals surface area contributed by atoms with Crippen molar-refractivity contribution < 1.29 is 19.1 Å². The Hall–Kier alpha value is -2.87. The van der Waals surface area contributed by atoms with Crippen LogP contribution in [0.15, 0.2) is 36.4 Å². The number of amides is 3. The van der Waals surface area contributed by atoms with E-state index in [2.05, 4.69) is 22.8 Å². The summed E-state index contributed by atoms with van der Waals surface area (Å²) in [4.78, 5) is 28.3. The van der Waals surface area contributed by atoms with E-state index in [-0.39, 0.29) is 18.0 Å². The van der Waals surface area contributed by atoms with Gasteiger partial charge in [-0.25, -0.2) is 4.79 Å². The number of urea groups is 1. The standard InChI is InChI=1S/C27H35N3O4S/c1-33-24-15-19-11-13-30(17-20(19)16-25(24)34-2)27(32)29-23(12-14-35-3)26(31)28-22-10-6-8-18-7-4-5-9-21(18)22/h4-5,7,9,15-16,22-23H,6,8,10-14,17H2,1-3H3,(H,28,31)(H,29,32)/t22?,23-/m0/s1. The molecule has 0 saturated carbocycles. The molecule has 2 aliphatic rings. The molecule has 1 aliphatic carbocycles. The van der Waals surface area contributed by atoms with Gasteiger partial charge in [0, 0.05) is 13.1 Å². The van der Waals surface area contributed by atoms with Crippen LogP contribution < -0.4 is 20.1 Å². The Morgan fingerprint density at radius 1 is 1.09 bits per heavy atom. The maximum Gasteiger partial charge on any atom is 0.318 e. The summed E-state index contributed by atoms with van der Waals surface area (Å²) in [6.45, 7) is 1.05. The lowest BCUT2D eigenvalue weighted by Gasteiger charge is -2.32. The first kappa shape index (κ1) is 25.2. The van der Waals surface area contributed by atoms with E-state index in [0.29, 0.717) is 31.0 Å². The smallest absolute Gasteiger partial charge is 0.318 e. The number of nitrogens with zero attached hydrogens (tertiary/aromatic N) is 1. The first-order chi connectivity index (χ1) is 17.0. The van der Waals surface area contributed by atoms with Crippen LogP contribution in [0.2, 0.25) is 0 Å². The molecule has 0 aromatic heterocycles. The number of carbonyl (C=O) groups is 2. The molecule has 0 saturated heterocycles. The molecule has 35 heavy (non-hydrogen) atoms. The third-order valence-corrected chi connectivity index (χ3v) is 7.56. The number of carbonyl (C=O) groups excluding carboxylic acids is 2. The van der Waals surface area contributed by atoms with Gasteiger partial charge in [0.05, 0.1) is 20.3 Å². The maximum absolute atomic E-state index is 13.3. The number of fused-ring (bicyclic) bond motifs is 2. The summed E-state index contributed by atoms with van der Waals surface area (Å²) in [6.07, 6.45) is 6.33. The Kier molecular flexibility index (Phi) is 8.44. The topological polar surface area (TPSA) is 79.9 Å². The van der Waals surface area contributed by atoms with Crippen LogP contribution >= 0.6 is 11.8 Å². The lowest BCUT2D eigenvalue weighted by molar-refractivity contribution is -0.123. The number of nitrogens with one attached hydrogen (secondary N) is 2. The van der Waals surface area contributed by atoms with Crippen LogP contribution in [0.1, 0.15) is 47.6 Å². The van der Waals surface area contributed by atoms with Gasteiger partial charge in [-0.15, -0.1) is 0 Å². The van der Waals surface area contributed by atoms with Gasteiger partial charge in [-0.3, -0.25) is 4.79 Å². The molecule has 2 atom stereocenters. The van der Waals surface area contributed by atoms with Crippen molar-refractivity contribution >= 4 is 23.7 Å². The van der Waals surface area contributed by atoms with Gasteiger partial charge in [-0.05, 0) is 78.5 Å². The molecule has 7 nitrogen and oxygen atoms in total. The van der Waals surface area contributed by atoms with Gasteiger partial charge < -0.3 is 25.0 Å². The van der Waals surface area contributed by atoms with E-state index < -0.39 is 6.04 Å². The summed E-state index contributed by atoms with van der Waals surface area (Å²) in [5.41, 5.74) is 4.68.